The lowest BCUT2D eigenvalue weighted by Crippen LogP contribution is -2.20. The highest BCUT2D eigenvalue weighted by molar-refractivity contribution is 5.77. The van der Waals surface area contributed by atoms with Crippen molar-refractivity contribution in [1.82, 2.24) is 14.8 Å². The molecule has 1 aliphatic heterocycles. The van der Waals surface area contributed by atoms with Crippen molar-refractivity contribution in [2.24, 2.45) is 0 Å². The standard InChI is InChI=1S/C25H22N4O/c1-18-10-12-20(13-11-18)23-15-24(29-25(28-23)26-17-27-29)21-8-5-9-22(14-21)30-16-19-6-3-2-4-7-19/h2-15,17,24H,16H2,1H3,(H,26,27,28)/t24-/m1/s1. The molecule has 0 saturated heterocycles. The lowest BCUT2D eigenvalue weighted by Gasteiger charge is -2.24. The summed E-state index contributed by atoms with van der Waals surface area (Å²) in [7, 11) is 0. The van der Waals surface area contributed by atoms with Crippen LogP contribution < -0.4 is 10.1 Å². The predicted molar refractivity (Wildman–Crippen MR) is 118 cm³/mol. The number of aryl methyl sites for hydroxylation is 1. The minimum Gasteiger partial charge on any atom is -0.489 e. The van der Waals surface area contributed by atoms with Crippen LogP contribution in [0.25, 0.3) is 5.70 Å². The Morgan fingerprint density at radius 1 is 0.967 bits per heavy atom. The van der Waals surface area contributed by atoms with E-state index < -0.39 is 0 Å². The number of benzene rings is 3. The number of hydrogen-bond donors (Lipinski definition) is 1. The molecule has 4 aromatic rings. The van der Waals surface area contributed by atoms with Gasteiger partial charge in [-0.05, 0) is 41.8 Å². The molecule has 2 heterocycles. The average molecular weight is 394 g/mol. The molecule has 0 fully saturated rings. The highest BCUT2D eigenvalue weighted by Gasteiger charge is 2.23. The van der Waals surface area contributed by atoms with Crippen molar-refractivity contribution >= 4 is 11.6 Å². The first-order chi connectivity index (χ1) is 14.8. The second-order valence-corrected chi connectivity index (χ2v) is 7.39. The van der Waals surface area contributed by atoms with Crippen LogP contribution in [0.15, 0.2) is 91.3 Å². The number of aromatic nitrogens is 3. The fourth-order valence-electron chi connectivity index (χ4n) is 3.60. The van der Waals surface area contributed by atoms with Crippen molar-refractivity contribution < 1.29 is 4.74 Å². The molecule has 5 heteroatoms. The molecule has 0 aliphatic carbocycles. The molecule has 0 unspecified atom stereocenters. The van der Waals surface area contributed by atoms with Crippen molar-refractivity contribution in [1.29, 1.82) is 0 Å². The maximum atomic E-state index is 6.04. The van der Waals surface area contributed by atoms with Gasteiger partial charge in [-0.25, -0.2) is 4.68 Å². The molecular weight excluding hydrogens is 372 g/mol. The number of allylic oxidation sites excluding steroid dienone is 1. The summed E-state index contributed by atoms with van der Waals surface area (Å²) in [6.07, 6.45) is 3.76. The molecule has 5 rings (SSSR count). The van der Waals surface area contributed by atoms with Crippen molar-refractivity contribution in [3.8, 4) is 5.75 Å². The Hall–Kier alpha value is -3.86. The first-order valence-electron chi connectivity index (χ1n) is 9.98. The Balaban J connectivity index is 1.45. The van der Waals surface area contributed by atoms with Crippen LogP contribution in [0.2, 0.25) is 0 Å². The van der Waals surface area contributed by atoms with Gasteiger partial charge in [-0.3, -0.25) is 0 Å². The van der Waals surface area contributed by atoms with Crippen LogP contribution in [-0.4, -0.2) is 14.8 Å². The summed E-state index contributed by atoms with van der Waals surface area (Å²) >= 11 is 0. The molecule has 0 spiro atoms. The second-order valence-electron chi connectivity index (χ2n) is 7.39. The van der Waals surface area contributed by atoms with Gasteiger partial charge < -0.3 is 10.1 Å². The fourth-order valence-corrected chi connectivity index (χ4v) is 3.60. The molecule has 30 heavy (non-hydrogen) atoms. The van der Waals surface area contributed by atoms with Gasteiger partial charge in [-0.1, -0.05) is 72.3 Å². The smallest absolute Gasteiger partial charge is 0.226 e. The van der Waals surface area contributed by atoms with E-state index in [1.165, 1.54) is 5.56 Å². The van der Waals surface area contributed by atoms with Crippen molar-refractivity contribution in [2.45, 2.75) is 19.6 Å². The zero-order valence-electron chi connectivity index (χ0n) is 16.7. The van der Waals surface area contributed by atoms with E-state index in [9.17, 15) is 0 Å². The lowest BCUT2D eigenvalue weighted by molar-refractivity contribution is 0.305. The molecule has 1 aliphatic rings. The van der Waals surface area contributed by atoms with E-state index in [4.69, 9.17) is 4.74 Å². The highest BCUT2D eigenvalue weighted by Crippen LogP contribution is 2.33. The summed E-state index contributed by atoms with van der Waals surface area (Å²) in [4.78, 5) is 4.39. The van der Waals surface area contributed by atoms with Gasteiger partial charge >= 0.3 is 0 Å². The normalized spacial score (nSPS) is 15.1. The Bertz CT molecular complexity index is 1180. The third-order valence-corrected chi connectivity index (χ3v) is 5.22. The molecule has 0 saturated carbocycles. The molecule has 148 valence electrons. The average Bonchev–Trinajstić information content (AvgIpc) is 3.27. The van der Waals surface area contributed by atoms with E-state index in [0.29, 0.717) is 6.61 Å². The molecular formula is C25H22N4O. The minimum atomic E-state index is -0.0691. The van der Waals surface area contributed by atoms with Gasteiger partial charge in [-0.2, -0.15) is 10.1 Å². The van der Waals surface area contributed by atoms with Crippen LogP contribution in [0.5, 0.6) is 5.75 Å². The molecule has 1 N–H and O–H groups in total. The van der Waals surface area contributed by atoms with Crippen LogP contribution in [-0.2, 0) is 6.61 Å². The Kier molecular flexibility index (Phi) is 4.77. The Morgan fingerprint density at radius 2 is 1.80 bits per heavy atom. The van der Waals surface area contributed by atoms with Gasteiger partial charge in [0.05, 0.1) is 0 Å². The van der Waals surface area contributed by atoms with Gasteiger partial charge in [0.1, 0.15) is 24.7 Å². The molecule has 5 nitrogen and oxygen atoms in total. The number of nitrogens with zero attached hydrogens (tertiary/aromatic N) is 3. The zero-order valence-corrected chi connectivity index (χ0v) is 16.7. The van der Waals surface area contributed by atoms with Gasteiger partial charge in [0.25, 0.3) is 0 Å². The number of rotatable bonds is 5. The highest BCUT2D eigenvalue weighted by atomic mass is 16.5. The van der Waals surface area contributed by atoms with Crippen molar-refractivity contribution in [3.63, 3.8) is 0 Å². The number of fused-ring (bicyclic) bond motifs is 1. The van der Waals surface area contributed by atoms with Crippen LogP contribution in [0.1, 0.15) is 28.3 Å². The van der Waals surface area contributed by atoms with E-state index in [1.54, 1.807) is 6.33 Å². The van der Waals surface area contributed by atoms with E-state index in [2.05, 4.69) is 76.9 Å². The van der Waals surface area contributed by atoms with Crippen molar-refractivity contribution in [3.05, 3.63) is 114 Å². The van der Waals surface area contributed by atoms with Gasteiger partial charge in [0.15, 0.2) is 0 Å². The third-order valence-electron chi connectivity index (χ3n) is 5.22. The minimum absolute atomic E-state index is 0.0691. The molecule has 0 amide bonds. The van der Waals surface area contributed by atoms with E-state index in [0.717, 1.165) is 34.1 Å². The van der Waals surface area contributed by atoms with Crippen LogP contribution in [0.3, 0.4) is 0 Å². The summed E-state index contributed by atoms with van der Waals surface area (Å²) < 4.78 is 7.93. The number of ether oxygens (including phenoxy) is 1. The predicted octanol–water partition coefficient (Wildman–Crippen LogP) is 5.22. The maximum absolute atomic E-state index is 6.04. The number of nitrogens with one attached hydrogen (secondary N) is 1. The topological polar surface area (TPSA) is 52.0 Å². The summed E-state index contributed by atoms with van der Waals surface area (Å²) in [5.74, 6) is 1.57. The SMILES string of the molecule is Cc1ccc(C2=C[C@H](c3cccc(OCc4ccccc4)c3)n3ncnc3N2)cc1. The fraction of sp³-hybridized carbons (Fsp3) is 0.120. The zero-order chi connectivity index (χ0) is 20.3. The number of hydrogen-bond acceptors (Lipinski definition) is 4. The lowest BCUT2D eigenvalue weighted by atomic mass is 10.0. The van der Waals surface area contributed by atoms with Gasteiger partial charge in [0, 0.05) is 5.70 Å². The second kappa shape index (κ2) is 7.87. The van der Waals surface area contributed by atoms with Crippen LogP contribution in [0, 0.1) is 6.92 Å². The van der Waals surface area contributed by atoms with E-state index >= 15 is 0 Å². The number of anilines is 1. The van der Waals surface area contributed by atoms with Crippen LogP contribution >= 0.6 is 0 Å². The first-order valence-corrected chi connectivity index (χ1v) is 9.98. The van der Waals surface area contributed by atoms with Crippen molar-refractivity contribution in [2.75, 3.05) is 5.32 Å². The molecule has 0 radical (unpaired) electrons. The quantitative estimate of drug-likeness (QED) is 0.504. The summed E-state index contributed by atoms with van der Waals surface area (Å²) in [6.45, 7) is 2.63. The summed E-state index contributed by atoms with van der Waals surface area (Å²) in [6, 6.07) is 26.8. The molecule has 1 atom stereocenters. The third kappa shape index (κ3) is 3.70. The monoisotopic (exact) mass is 394 g/mol. The first kappa shape index (κ1) is 18.2. The summed E-state index contributed by atoms with van der Waals surface area (Å²) in [5.41, 5.74) is 5.62. The van der Waals surface area contributed by atoms with Crippen LogP contribution in [0.4, 0.5) is 5.95 Å². The Morgan fingerprint density at radius 3 is 2.63 bits per heavy atom. The van der Waals surface area contributed by atoms with Gasteiger partial charge in [0.2, 0.25) is 5.95 Å². The summed E-state index contributed by atoms with van der Waals surface area (Å²) in [5, 5.41) is 7.83. The maximum Gasteiger partial charge on any atom is 0.226 e. The van der Waals surface area contributed by atoms with E-state index in [-0.39, 0.29) is 6.04 Å². The molecule has 0 bridgehead atoms. The van der Waals surface area contributed by atoms with Gasteiger partial charge in [-0.15, -0.1) is 0 Å². The van der Waals surface area contributed by atoms with E-state index in [1.807, 2.05) is 35.0 Å². The largest absolute Gasteiger partial charge is 0.489 e. The molecule has 3 aromatic carbocycles. The molecule has 1 aromatic heterocycles. The Labute approximate surface area is 175 Å².